The molecule has 0 radical (unpaired) electrons. The molecule has 0 fully saturated rings. The Kier molecular flexibility index (Phi) is 5.45. The lowest BCUT2D eigenvalue weighted by Gasteiger charge is -2.19. The van der Waals surface area contributed by atoms with Crippen LogP contribution in [0.3, 0.4) is 0 Å². The summed E-state index contributed by atoms with van der Waals surface area (Å²) in [6.07, 6.45) is -7.93. The number of carbonyl (C=O) groups is 2. The van der Waals surface area contributed by atoms with Crippen molar-refractivity contribution >= 4 is 11.9 Å². The SMILES string of the molecule is O=C([O-])c1ccccc1C(=O)OCCCC(F)(F)C(F)(F)F. The van der Waals surface area contributed by atoms with Gasteiger partial charge in [-0.25, -0.2) is 4.79 Å². The molecule has 0 N–H and O–H groups in total. The number of ether oxygens (including phenoxy) is 1. The molecule has 0 aliphatic carbocycles. The van der Waals surface area contributed by atoms with Gasteiger partial charge >= 0.3 is 18.1 Å². The Bertz CT molecular complexity index is 554. The number of esters is 1. The summed E-state index contributed by atoms with van der Waals surface area (Å²) in [4.78, 5) is 22.3. The van der Waals surface area contributed by atoms with Gasteiger partial charge in [-0.15, -0.1) is 0 Å². The van der Waals surface area contributed by atoms with Gasteiger partial charge in [-0.3, -0.25) is 0 Å². The smallest absolute Gasteiger partial charge is 0.453 e. The largest absolute Gasteiger partial charge is 0.545 e. The summed E-state index contributed by atoms with van der Waals surface area (Å²) in [6, 6.07) is 4.84. The lowest BCUT2D eigenvalue weighted by molar-refractivity contribution is -0.284. The molecule has 0 aliphatic rings. The molecular formula is C13H10F5O4-. The molecule has 22 heavy (non-hydrogen) atoms. The van der Waals surface area contributed by atoms with Crippen molar-refractivity contribution in [2.75, 3.05) is 6.61 Å². The van der Waals surface area contributed by atoms with E-state index in [-0.39, 0.29) is 5.56 Å². The van der Waals surface area contributed by atoms with Crippen molar-refractivity contribution in [3.05, 3.63) is 35.4 Å². The van der Waals surface area contributed by atoms with Crippen molar-refractivity contribution < 1.29 is 41.4 Å². The van der Waals surface area contributed by atoms with E-state index in [0.29, 0.717) is 0 Å². The Labute approximate surface area is 121 Å². The fourth-order valence-corrected chi connectivity index (χ4v) is 1.52. The van der Waals surface area contributed by atoms with Crippen molar-refractivity contribution in [1.29, 1.82) is 0 Å². The van der Waals surface area contributed by atoms with Gasteiger partial charge in [0.05, 0.1) is 18.1 Å². The van der Waals surface area contributed by atoms with Crippen LogP contribution in [0.5, 0.6) is 0 Å². The summed E-state index contributed by atoms with van der Waals surface area (Å²) < 4.78 is 65.4. The summed E-state index contributed by atoms with van der Waals surface area (Å²) in [5.74, 6) is -7.66. The number of carboxylic acid groups (broad SMARTS) is 1. The molecule has 9 heteroatoms. The van der Waals surface area contributed by atoms with Gasteiger partial charge in [-0.1, -0.05) is 18.2 Å². The molecule has 122 valence electrons. The zero-order valence-electron chi connectivity index (χ0n) is 11.0. The Morgan fingerprint density at radius 1 is 1.05 bits per heavy atom. The normalized spacial score (nSPS) is 12.0. The summed E-state index contributed by atoms with van der Waals surface area (Å²) in [5.41, 5.74) is -0.835. The molecule has 0 aliphatic heterocycles. The zero-order chi connectivity index (χ0) is 17.0. The van der Waals surface area contributed by atoms with Gasteiger partial charge in [0, 0.05) is 12.0 Å². The monoisotopic (exact) mass is 325 g/mol. The van der Waals surface area contributed by atoms with Crippen LogP contribution in [0.25, 0.3) is 0 Å². The molecule has 0 amide bonds. The number of hydrogen-bond donors (Lipinski definition) is 0. The fourth-order valence-electron chi connectivity index (χ4n) is 1.52. The Morgan fingerprint density at radius 2 is 1.59 bits per heavy atom. The first kappa shape index (κ1) is 17.9. The molecule has 1 rings (SSSR count). The summed E-state index contributed by atoms with van der Waals surface area (Å²) in [5, 5.41) is 10.8. The van der Waals surface area contributed by atoms with E-state index < -0.39 is 49.0 Å². The Hall–Kier alpha value is -2.19. The molecular weight excluding hydrogens is 315 g/mol. The number of hydrogen-bond acceptors (Lipinski definition) is 4. The van der Waals surface area contributed by atoms with Crippen LogP contribution < -0.4 is 5.11 Å². The zero-order valence-corrected chi connectivity index (χ0v) is 11.0. The molecule has 0 aromatic heterocycles. The molecule has 0 atom stereocenters. The molecule has 0 bridgehead atoms. The number of halogens is 5. The van der Waals surface area contributed by atoms with E-state index in [1.807, 2.05) is 0 Å². The van der Waals surface area contributed by atoms with E-state index in [9.17, 15) is 36.6 Å². The predicted octanol–water partition coefficient (Wildman–Crippen LogP) is 2.18. The van der Waals surface area contributed by atoms with Crippen molar-refractivity contribution in [1.82, 2.24) is 0 Å². The number of carboxylic acids is 1. The third kappa shape index (κ3) is 4.40. The Morgan fingerprint density at radius 3 is 2.09 bits per heavy atom. The minimum absolute atomic E-state index is 0.370. The molecule has 4 nitrogen and oxygen atoms in total. The van der Waals surface area contributed by atoms with Crippen molar-refractivity contribution in [3.63, 3.8) is 0 Å². The van der Waals surface area contributed by atoms with E-state index in [1.54, 1.807) is 0 Å². The highest BCUT2D eigenvalue weighted by molar-refractivity contribution is 6.01. The number of aromatic carboxylic acids is 1. The second kappa shape index (κ2) is 6.71. The topological polar surface area (TPSA) is 66.4 Å². The van der Waals surface area contributed by atoms with Crippen molar-refractivity contribution in [3.8, 4) is 0 Å². The first-order chi connectivity index (χ1) is 10.1. The number of benzene rings is 1. The first-order valence-corrected chi connectivity index (χ1v) is 5.98. The molecule has 1 aromatic carbocycles. The highest BCUT2D eigenvalue weighted by Gasteiger charge is 2.56. The standard InChI is InChI=1S/C13H11F5O4/c14-12(15,13(16,17)18)6-3-7-22-11(21)9-5-2-1-4-8(9)10(19)20/h1-2,4-5H,3,6-7H2,(H,19,20)/p-1. The quantitative estimate of drug-likeness (QED) is 0.457. The lowest BCUT2D eigenvalue weighted by Crippen LogP contribution is -2.36. The highest BCUT2D eigenvalue weighted by Crippen LogP contribution is 2.38. The Balaban J connectivity index is 2.57. The maximum atomic E-state index is 12.6. The van der Waals surface area contributed by atoms with E-state index in [4.69, 9.17) is 0 Å². The van der Waals surface area contributed by atoms with Gasteiger partial charge < -0.3 is 14.6 Å². The van der Waals surface area contributed by atoms with Crippen molar-refractivity contribution in [2.24, 2.45) is 0 Å². The average Bonchev–Trinajstić information content (AvgIpc) is 2.42. The van der Waals surface area contributed by atoms with Gasteiger partial charge in [0.2, 0.25) is 0 Å². The summed E-state index contributed by atoms with van der Waals surface area (Å²) in [6.45, 7) is -0.702. The van der Waals surface area contributed by atoms with Gasteiger partial charge in [0.15, 0.2) is 0 Å². The first-order valence-electron chi connectivity index (χ1n) is 5.98. The molecule has 0 unspecified atom stereocenters. The number of rotatable bonds is 6. The van der Waals surface area contributed by atoms with E-state index in [1.165, 1.54) is 12.1 Å². The van der Waals surface area contributed by atoms with Gasteiger partial charge in [-0.2, -0.15) is 22.0 Å². The maximum Gasteiger partial charge on any atom is 0.453 e. The highest BCUT2D eigenvalue weighted by atomic mass is 19.4. The summed E-state index contributed by atoms with van der Waals surface area (Å²) >= 11 is 0. The van der Waals surface area contributed by atoms with Crippen LogP contribution in [0.15, 0.2) is 24.3 Å². The lowest BCUT2D eigenvalue weighted by atomic mass is 10.1. The van der Waals surface area contributed by atoms with Gasteiger partial charge in [-0.05, 0) is 12.5 Å². The van der Waals surface area contributed by atoms with Gasteiger partial charge in [0.1, 0.15) is 0 Å². The number of alkyl halides is 5. The summed E-state index contributed by atoms with van der Waals surface area (Å²) in [7, 11) is 0. The van der Waals surface area contributed by atoms with Gasteiger partial charge in [0.25, 0.3) is 0 Å². The van der Waals surface area contributed by atoms with E-state index in [2.05, 4.69) is 4.74 Å². The predicted molar refractivity (Wildman–Crippen MR) is 61.3 cm³/mol. The van der Waals surface area contributed by atoms with Crippen LogP contribution >= 0.6 is 0 Å². The molecule has 0 spiro atoms. The van der Waals surface area contributed by atoms with Crippen LogP contribution in [0.4, 0.5) is 22.0 Å². The van der Waals surface area contributed by atoms with E-state index in [0.717, 1.165) is 12.1 Å². The van der Waals surface area contributed by atoms with Crippen LogP contribution in [0, 0.1) is 0 Å². The molecule has 0 heterocycles. The third-order valence-corrected chi connectivity index (χ3v) is 2.65. The third-order valence-electron chi connectivity index (χ3n) is 2.65. The van der Waals surface area contributed by atoms with Crippen LogP contribution in [0.1, 0.15) is 33.6 Å². The fraction of sp³-hybridized carbons (Fsp3) is 0.385. The molecule has 0 saturated carbocycles. The van der Waals surface area contributed by atoms with Crippen LogP contribution in [-0.4, -0.2) is 30.6 Å². The molecule has 1 aromatic rings. The van der Waals surface area contributed by atoms with E-state index >= 15 is 0 Å². The second-order valence-corrected chi connectivity index (χ2v) is 4.27. The maximum absolute atomic E-state index is 12.6. The van der Waals surface area contributed by atoms with Crippen LogP contribution in [-0.2, 0) is 4.74 Å². The number of carbonyl (C=O) groups excluding carboxylic acids is 2. The van der Waals surface area contributed by atoms with Crippen molar-refractivity contribution in [2.45, 2.75) is 24.9 Å². The second-order valence-electron chi connectivity index (χ2n) is 4.27. The minimum atomic E-state index is -5.67. The molecule has 0 saturated heterocycles. The minimum Gasteiger partial charge on any atom is -0.545 e. The van der Waals surface area contributed by atoms with Crippen LogP contribution in [0.2, 0.25) is 0 Å². The average molecular weight is 325 g/mol.